The fourth-order valence-corrected chi connectivity index (χ4v) is 6.98. The Hall–Kier alpha value is -3.89. The molecule has 7 rings (SSSR count). The van der Waals surface area contributed by atoms with E-state index < -0.39 is 5.97 Å². The fourth-order valence-electron chi connectivity index (χ4n) is 6.98. The number of hydrogen-bond donors (Lipinski definition) is 0. The molecule has 0 unspecified atom stereocenters. The number of nitriles is 2. The second-order valence-corrected chi connectivity index (χ2v) is 9.93. The molecule has 0 amide bonds. The molecule has 5 aliphatic rings. The Labute approximate surface area is 199 Å². The van der Waals surface area contributed by atoms with Crippen LogP contribution in [0.1, 0.15) is 43.2 Å². The third-order valence-corrected chi connectivity index (χ3v) is 8.01. The molecule has 4 saturated carbocycles. The Morgan fingerprint density at radius 2 is 1.26 bits per heavy atom. The maximum absolute atomic E-state index is 13.6. The molecule has 0 aromatic heterocycles. The number of benzene rings is 2. The van der Waals surface area contributed by atoms with Gasteiger partial charge in [0.1, 0.15) is 12.1 Å². The van der Waals surface area contributed by atoms with E-state index in [-0.39, 0.29) is 11.3 Å². The molecular weight excluding hydrogens is 420 g/mol. The first-order chi connectivity index (χ1) is 16.7. The lowest BCUT2D eigenvalue weighted by molar-refractivity contribution is -0.132. The molecule has 5 fully saturated rings. The summed E-state index contributed by atoms with van der Waals surface area (Å²) in [6.07, 6.45) is 5.82. The van der Waals surface area contributed by atoms with Gasteiger partial charge in [0.15, 0.2) is 11.3 Å². The van der Waals surface area contributed by atoms with Crippen molar-refractivity contribution < 1.29 is 9.53 Å². The molecule has 1 aliphatic heterocycles. The van der Waals surface area contributed by atoms with E-state index in [1.165, 1.54) is 12.0 Å². The Morgan fingerprint density at radius 1 is 0.765 bits per heavy atom. The number of esters is 1. The summed E-state index contributed by atoms with van der Waals surface area (Å²) in [5.74, 6) is 1.96. The van der Waals surface area contributed by atoms with Gasteiger partial charge in [-0.3, -0.25) is 0 Å². The highest BCUT2D eigenvalue weighted by Gasteiger charge is 2.49. The van der Waals surface area contributed by atoms with Crippen molar-refractivity contribution >= 4 is 11.5 Å². The molecule has 166 valence electrons. The number of ether oxygens (including phenoxy) is 1. The Kier molecular flexibility index (Phi) is 4.96. The highest BCUT2D eigenvalue weighted by Crippen LogP contribution is 2.59. The average molecular weight is 445 g/mol. The monoisotopic (exact) mass is 444 g/mol. The van der Waals surface area contributed by atoms with Crippen LogP contribution in [0, 0.1) is 46.3 Å². The van der Waals surface area contributed by atoms with Gasteiger partial charge in [-0.1, -0.05) is 60.7 Å². The smallest absolute Gasteiger partial charge is 0.344 e. The summed E-state index contributed by atoms with van der Waals surface area (Å²) in [4.78, 5) is 13.6. The van der Waals surface area contributed by atoms with E-state index in [1.807, 2.05) is 72.8 Å². The first-order valence-corrected chi connectivity index (χ1v) is 12.0. The van der Waals surface area contributed by atoms with E-state index >= 15 is 0 Å². The van der Waals surface area contributed by atoms with Gasteiger partial charge in [0.2, 0.25) is 0 Å². The molecule has 4 heteroatoms. The third-order valence-electron chi connectivity index (χ3n) is 8.01. The van der Waals surface area contributed by atoms with Gasteiger partial charge in [-0.2, -0.15) is 10.5 Å². The number of allylic oxidation sites excluding steroid dienone is 3. The molecule has 2 aromatic rings. The lowest BCUT2D eigenvalue weighted by atomic mass is 9.53. The summed E-state index contributed by atoms with van der Waals surface area (Å²) in [5, 5.41) is 19.5. The van der Waals surface area contributed by atoms with Crippen molar-refractivity contribution in [3.8, 4) is 12.1 Å². The van der Waals surface area contributed by atoms with E-state index in [9.17, 15) is 15.3 Å². The summed E-state index contributed by atoms with van der Waals surface area (Å²) in [5.41, 5.74) is 4.96. The van der Waals surface area contributed by atoms with Gasteiger partial charge in [0.25, 0.3) is 0 Å². The minimum absolute atomic E-state index is 0.106. The SMILES string of the molecule is N#CC(C#N)=C1OC(=O)C(=C2C3CC4CC(C3)CC2C4)C1=C(c1ccccc1)c1ccccc1. The maximum atomic E-state index is 13.6. The zero-order valence-corrected chi connectivity index (χ0v) is 18.8. The predicted molar refractivity (Wildman–Crippen MR) is 127 cm³/mol. The molecule has 0 N–H and O–H groups in total. The van der Waals surface area contributed by atoms with Gasteiger partial charge in [-0.15, -0.1) is 0 Å². The van der Waals surface area contributed by atoms with Crippen molar-refractivity contribution in [3.05, 3.63) is 99.8 Å². The number of rotatable bonds is 2. The largest absolute Gasteiger partial charge is 0.420 e. The highest BCUT2D eigenvalue weighted by molar-refractivity contribution is 6.07. The zero-order chi connectivity index (χ0) is 23.2. The minimum atomic E-state index is -0.417. The molecule has 2 aromatic carbocycles. The number of nitrogens with zero attached hydrogens (tertiary/aromatic N) is 2. The molecule has 1 saturated heterocycles. The van der Waals surface area contributed by atoms with Crippen molar-refractivity contribution in [3.63, 3.8) is 0 Å². The maximum Gasteiger partial charge on any atom is 0.344 e. The second-order valence-electron chi connectivity index (χ2n) is 9.93. The molecular formula is C30H24N2O2. The fraction of sp³-hybridized carbons (Fsp3) is 0.300. The van der Waals surface area contributed by atoms with Crippen LogP contribution in [0.15, 0.2) is 88.7 Å². The number of hydrogen-bond acceptors (Lipinski definition) is 4. The predicted octanol–water partition coefficient (Wildman–Crippen LogP) is 6.10. The van der Waals surface area contributed by atoms with Crippen molar-refractivity contribution in [1.29, 1.82) is 10.5 Å². The standard InChI is InChI=1S/C30H24N2O2/c31-16-24(17-32)29-27(25(20-7-3-1-4-8-20)21-9-5-2-6-10-21)28(30(33)34-29)26-22-12-18-11-19(14-22)15-23(26)13-18/h1-10,18-19,22-23H,11-15H2. The van der Waals surface area contributed by atoms with Crippen LogP contribution in [0.5, 0.6) is 0 Å². The van der Waals surface area contributed by atoms with Crippen molar-refractivity contribution in [2.45, 2.75) is 32.1 Å². The van der Waals surface area contributed by atoms with E-state index in [1.54, 1.807) is 0 Å². The highest BCUT2D eigenvalue weighted by atomic mass is 16.5. The van der Waals surface area contributed by atoms with Gasteiger partial charge in [-0.25, -0.2) is 4.79 Å². The summed E-state index contributed by atoms with van der Waals surface area (Å²) in [7, 11) is 0. The van der Waals surface area contributed by atoms with Crippen LogP contribution >= 0.6 is 0 Å². The summed E-state index contributed by atoms with van der Waals surface area (Å²) in [6.45, 7) is 0. The van der Waals surface area contributed by atoms with Crippen LogP contribution in [0.4, 0.5) is 0 Å². The molecule has 0 radical (unpaired) electrons. The van der Waals surface area contributed by atoms with Crippen LogP contribution in [-0.4, -0.2) is 5.97 Å². The molecule has 4 aliphatic carbocycles. The summed E-state index contributed by atoms with van der Waals surface area (Å²) in [6, 6.07) is 23.7. The lowest BCUT2D eigenvalue weighted by Crippen LogP contribution is -2.41. The van der Waals surface area contributed by atoms with Crippen LogP contribution < -0.4 is 0 Å². The zero-order valence-electron chi connectivity index (χ0n) is 18.8. The minimum Gasteiger partial charge on any atom is -0.420 e. The van der Waals surface area contributed by atoms with Gasteiger partial charge in [0, 0.05) is 11.1 Å². The van der Waals surface area contributed by atoms with Gasteiger partial charge >= 0.3 is 5.97 Å². The van der Waals surface area contributed by atoms with Crippen molar-refractivity contribution in [2.75, 3.05) is 0 Å². The molecule has 4 bridgehead atoms. The van der Waals surface area contributed by atoms with E-state index in [4.69, 9.17) is 4.74 Å². The van der Waals surface area contributed by atoms with E-state index in [0.29, 0.717) is 23.0 Å². The number of carbonyl (C=O) groups excluding carboxylic acids is 1. The van der Waals surface area contributed by atoms with Crippen molar-refractivity contribution in [1.82, 2.24) is 0 Å². The topological polar surface area (TPSA) is 73.9 Å². The number of cyclic esters (lactones) is 1. The Bertz CT molecular complexity index is 1260. The molecule has 34 heavy (non-hydrogen) atoms. The quantitative estimate of drug-likeness (QED) is 0.319. The first kappa shape index (κ1) is 20.7. The van der Waals surface area contributed by atoms with Crippen molar-refractivity contribution in [2.24, 2.45) is 23.7 Å². The van der Waals surface area contributed by atoms with Crippen LogP contribution in [0.3, 0.4) is 0 Å². The molecule has 4 nitrogen and oxygen atoms in total. The molecule has 0 spiro atoms. The van der Waals surface area contributed by atoms with Crippen LogP contribution in [0.25, 0.3) is 5.57 Å². The summed E-state index contributed by atoms with van der Waals surface area (Å²) < 4.78 is 5.79. The van der Waals surface area contributed by atoms with E-state index in [2.05, 4.69) is 0 Å². The first-order valence-electron chi connectivity index (χ1n) is 12.0. The Balaban J connectivity index is 1.71. The molecule has 0 atom stereocenters. The average Bonchev–Trinajstić information content (AvgIpc) is 3.17. The Morgan fingerprint density at radius 3 is 1.74 bits per heavy atom. The normalized spacial score (nSPS) is 26.8. The number of carbonyl (C=O) groups is 1. The second kappa shape index (κ2) is 8.15. The van der Waals surface area contributed by atoms with Crippen LogP contribution in [0.2, 0.25) is 0 Å². The summed E-state index contributed by atoms with van der Waals surface area (Å²) >= 11 is 0. The van der Waals surface area contributed by atoms with Crippen LogP contribution in [-0.2, 0) is 9.53 Å². The third kappa shape index (κ3) is 3.22. The van der Waals surface area contributed by atoms with E-state index in [0.717, 1.165) is 54.2 Å². The van der Waals surface area contributed by atoms with Gasteiger partial charge in [-0.05, 0) is 72.5 Å². The van der Waals surface area contributed by atoms with Gasteiger partial charge in [0.05, 0.1) is 5.57 Å². The van der Waals surface area contributed by atoms with Gasteiger partial charge < -0.3 is 4.74 Å². The lowest BCUT2D eigenvalue weighted by Gasteiger charge is -2.51. The molecule has 1 heterocycles.